The molecule has 7 nitrogen and oxygen atoms in total. The van der Waals surface area contributed by atoms with E-state index in [1.807, 2.05) is 24.3 Å². The monoisotopic (exact) mass is 321 g/mol. The number of urea groups is 1. The molecule has 2 N–H and O–H groups in total. The number of aromatic nitrogens is 3. The Labute approximate surface area is 132 Å². The Kier molecular flexibility index (Phi) is 4.26. The Morgan fingerprint density at radius 1 is 1.41 bits per heavy atom. The van der Waals surface area contributed by atoms with E-state index in [1.165, 1.54) is 11.0 Å². The van der Waals surface area contributed by atoms with E-state index in [2.05, 4.69) is 20.7 Å². The van der Waals surface area contributed by atoms with Crippen molar-refractivity contribution >= 4 is 23.6 Å². The molecule has 2 aromatic rings. The number of carbonyl (C=O) groups is 1. The first-order valence-electron chi connectivity index (χ1n) is 6.92. The smallest absolute Gasteiger partial charge is 0.321 e. The first-order chi connectivity index (χ1) is 10.6. The molecule has 0 aliphatic carbocycles. The molecular formula is C14H16ClN5O2. The molecule has 3 rings (SSSR count). The fourth-order valence-corrected chi connectivity index (χ4v) is 2.56. The average molecular weight is 322 g/mol. The molecule has 0 saturated carbocycles. The van der Waals surface area contributed by atoms with Gasteiger partial charge in [-0.2, -0.15) is 10.1 Å². The summed E-state index contributed by atoms with van der Waals surface area (Å²) in [7, 11) is 1.71. The van der Waals surface area contributed by atoms with Crippen molar-refractivity contribution in [1.82, 2.24) is 20.1 Å². The van der Waals surface area contributed by atoms with Gasteiger partial charge in [0.15, 0.2) is 0 Å². The van der Waals surface area contributed by atoms with Crippen LogP contribution in [-0.4, -0.2) is 33.4 Å². The maximum atomic E-state index is 12.1. The second-order valence-electron chi connectivity index (χ2n) is 5.04. The molecule has 1 saturated heterocycles. The minimum absolute atomic E-state index is 0.102. The van der Waals surface area contributed by atoms with Gasteiger partial charge in [0, 0.05) is 18.7 Å². The average Bonchev–Trinajstić information content (AvgIpc) is 3.10. The van der Waals surface area contributed by atoms with Crippen LogP contribution < -0.4 is 10.6 Å². The van der Waals surface area contributed by atoms with Gasteiger partial charge in [0.05, 0.1) is 6.04 Å². The van der Waals surface area contributed by atoms with Gasteiger partial charge >= 0.3 is 6.03 Å². The number of nitrogens with zero attached hydrogens (tertiary/aromatic N) is 3. The second-order valence-corrected chi connectivity index (χ2v) is 5.48. The number of aryl methyl sites for hydroxylation is 1. The van der Waals surface area contributed by atoms with Gasteiger partial charge in [-0.05, 0) is 24.1 Å². The van der Waals surface area contributed by atoms with Crippen LogP contribution in [0, 0.1) is 0 Å². The highest BCUT2D eigenvalue weighted by atomic mass is 35.5. The molecule has 0 spiro atoms. The topological polar surface area (TPSA) is 81.1 Å². The van der Waals surface area contributed by atoms with Crippen LogP contribution in [0.4, 0.5) is 10.7 Å². The van der Waals surface area contributed by atoms with Crippen molar-refractivity contribution in [2.45, 2.75) is 18.6 Å². The van der Waals surface area contributed by atoms with E-state index < -0.39 is 0 Å². The van der Waals surface area contributed by atoms with E-state index in [-0.39, 0.29) is 18.2 Å². The molecule has 0 unspecified atom stereocenters. The summed E-state index contributed by atoms with van der Waals surface area (Å²) in [5, 5.41) is 10.1. The normalized spacial score (nSPS) is 20.8. The molecule has 2 heterocycles. The lowest BCUT2D eigenvalue weighted by Crippen LogP contribution is -2.40. The lowest BCUT2D eigenvalue weighted by Gasteiger charge is -2.20. The summed E-state index contributed by atoms with van der Waals surface area (Å²) in [5.41, 5.74) is 0.992. The summed E-state index contributed by atoms with van der Waals surface area (Å²) < 4.78 is 7.22. The number of hydrogen-bond acceptors (Lipinski definition) is 4. The Morgan fingerprint density at radius 3 is 2.86 bits per heavy atom. The van der Waals surface area contributed by atoms with Crippen molar-refractivity contribution in [1.29, 1.82) is 0 Å². The zero-order valence-electron chi connectivity index (χ0n) is 12.0. The number of ether oxygens (including phenoxy) is 1. The molecule has 0 bridgehead atoms. The summed E-state index contributed by atoms with van der Waals surface area (Å²) in [6, 6.07) is 7.02. The number of rotatable bonds is 3. The number of hydrogen-bond donors (Lipinski definition) is 2. The molecule has 22 heavy (non-hydrogen) atoms. The Bertz CT molecular complexity index is 658. The Morgan fingerprint density at radius 2 is 2.18 bits per heavy atom. The maximum Gasteiger partial charge on any atom is 0.321 e. The van der Waals surface area contributed by atoms with Crippen molar-refractivity contribution in [3.8, 4) is 0 Å². The van der Waals surface area contributed by atoms with Crippen molar-refractivity contribution in [2.75, 3.05) is 11.9 Å². The molecule has 1 aromatic heterocycles. The summed E-state index contributed by atoms with van der Waals surface area (Å²) in [5.74, 6) is 0.388. The number of nitrogens with one attached hydrogen (secondary N) is 2. The third-order valence-electron chi connectivity index (χ3n) is 3.54. The molecular weight excluding hydrogens is 306 g/mol. The van der Waals surface area contributed by atoms with Gasteiger partial charge in [-0.3, -0.25) is 5.32 Å². The van der Waals surface area contributed by atoms with Gasteiger partial charge in [0.1, 0.15) is 12.4 Å². The van der Waals surface area contributed by atoms with Gasteiger partial charge in [0.2, 0.25) is 5.95 Å². The molecule has 0 radical (unpaired) electrons. The second kappa shape index (κ2) is 6.33. The van der Waals surface area contributed by atoms with Crippen molar-refractivity contribution in [2.24, 2.45) is 7.05 Å². The van der Waals surface area contributed by atoms with Gasteiger partial charge in [-0.25, -0.2) is 9.48 Å². The molecule has 1 aliphatic rings. The molecule has 2 amide bonds. The van der Waals surface area contributed by atoms with E-state index in [0.717, 1.165) is 12.0 Å². The number of carbonyl (C=O) groups excluding carboxylic acids is 1. The SMILES string of the molecule is Cn1ncnc1NC(=O)N[C@@H]1CCO[C@@H]1c1ccc(Cl)cc1. The fraction of sp³-hybridized carbons (Fsp3) is 0.357. The van der Waals surface area contributed by atoms with E-state index in [9.17, 15) is 4.79 Å². The first kappa shape index (κ1) is 14.8. The third kappa shape index (κ3) is 3.20. The van der Waals surface area contributed by atoms with Gasteiger partial charge < -0.3 is 10.1 Å². The molecule has 1 aliphatic heterocycles. The van der Waals surface area contributed by atoms with Crippen molar-refractivity contribution < 1.29 is 9.53 Å². The molecule has 2 atom stereocenters. The van der Waals surface area contributed by atoms with Crippen molar-refractivity contribution in [3.63, 3.8) is 0 Å². The van der Waals surface area contributed by atoms with Crippen LogP contribution >= 0.6 is 11.6 Å². The maximum absolute atomic E-state index is 12.1. The molecule has 116 valence electrons. The molecule has 1 fully saturated rings. The first-order valence-corrected chi connectivity index (χ1v) is 7.30. The number of halogens is 1. The van der Waals surface area contributed by atoms with Crippen LogP contribution in [0.2, 0.25) is 5.02 Å². The quantitative estimate of drug-likeness (QED) is 0.907. The summed E-state index contributed by atoms with van der Waals surface area (Å²) in [4.78, 5) is 16.0. The number of benzene rings is 1. The predicted molar refractivity (Wildman–Crippen MR) is 81.7 cm³/mol. The highest BCUT2D eigenvalue weighted by Crippen LogP contribution is 2.29. The lowest BCUT2D eigenvalue weighted by atomic mass is 10.0. The van der Waals surface area contributed by atoms with E-state index >= 15 is 0 Å². The third-order valence-corrected chi connectivity index (χ3v) is 3.80. The largest absolute Gasteiger partial charge is 0.371 e. The van der Waals surface area contributed by atoms with E-state index in [0.29, 0.717) is 17.6 Å². The van der Waals surface area contributed by atoms with Gasteiger partial charge in [-0.15, -0.1) is 0 Å². The Balaban J connectivity index is 1.64. The van der Waals surface area contributed by atoms with Crippen LogP contribution in [-0.2, 0) is 11.8 Å². The predicted octanol–water partition coefficient (Wildman–Crippen LogP) is 2.12. The van der Waals surface area contributed by atoms with E-state index in [4.69, 9.17) is 16.3 Å². The lowest BCUT2D eigenvalue weighted by molar-refractivity contribution is 0.100. The summed E-state index contributed by atoms with van der Waals surface area (Å²) >= 11 is 5.90. The molecule has 1 aromatic carbocycles. The number of amides is 2. The van der Waals surface area contributed by atoms with Crippen LogP contribution in [0.15, 0.2) is 30.6 Å². The van der Waals surface area contributed by atoms with Crippen LogP contribution in [0.25, 0.3) is 0 Å². The standard InChI is InChI=1S/C14H16ClN5O2/c1-20-13(16-8-17-20)19-14(21)18-11-6-7-22-12(11)9-2-4-10(15)5-3-9/h2-5,8,11-12H,6-7H2,1H3,(H2,16,17,18,19,21)/t11-,12-/m1/s1. The van der Waals surface area contributed by atoms with E-state index in [1.54, 1.807) is 7.05 Å². The summed E-state index contributed by atoms with van der Waals surface area (Å²) in [6.07, 6.45) is 1.95. The minimum Gasteiger partial charge on any atom is -0.371 e. The van der Waals surface area contributed by atoms with Crippen molar-refractivity contribution in [3.05, 3.63) is 41.2 Å². The van der Waals surface area contributed by atoms with Gasteiger partial charge in [-0.1, -0.05) is 23.7 Å². The van der Waals surface area contributed by atoms with Gasteiger partial charge in [0.25, 0.3) is 0 Å². The zero-order chi connectivity index (χ0) is 15.5. The fourth-order valence-electron chi connectivity index (χ4n) is 2.43. The van der Waals surface area contributed by atoms with Crippen LogP contribution in [0.5, 0.6) is 0 Å². The highest BCUT2D eigenvalue weighted by molar-refractivity contribution is 6.30. The van der Waals surface area contributed by atoms with Crippen LogP contribution in [0.3, 0.4) is 0 Å². The zero-order valence-corrected chi connectivity index (χ0v) is 12.7. The highest BCUT2D eigenvalue weighted by Gasteiger charge is 2.31. The molecule has 8 heteroatoms. The van der Waals surface area contributed by atoms with Crippen LogP contribution in [0.1, 0.15) is 18.1 Å². The minimum atomic E-state index is -0.328. The number of anilines is 1. The Hall–Kier alpha value is -2.12. The summed E-state index contributed by atoms with van der Waals surface area (Å²) in [6.45, 7) is 0.599.